The molecule has 150 valence electrons. The van der Waals surface area contributed by atoms with Crippen LogP contribution in [0.4, 0.5) is 5.69 Å². The van der Waals surface area contributed by atoms with Gasteiger partial charge in [0.1, 0.15) is 11.3 Å². The highest BCUT2D eigenvalue weighted by Crippen LogP contribution is 2.26. The molecule has 30 heavy (non-hydrogen) atoms. The number of carbonyl (C=O) groups is 1. The quantitative estimate of drug-likeness (QED) is 0.425. The van der Waals surface area contributed by atoms with Crippen LogP contribution in [0.25, 0.3) is 28.6 Å². The van der Waals surface area contributed by atoms with Crippen LogP contribution in [0.5, 0.6) is 5.75 Å². The van der Waals surface area contributed by atoms with Gasteiger partial charge in [-0.05, 0) is 42.8 Å². The zero-order valence-corrected chi connectivity index (χ0v) is 16.5. The lowest BCUT2D eigenvalue weighted by Gasteiger charge is -2.07. The topological polar surface area (TPSA) is 77.2 Å². The third-order valence-electron chi connectivity index (χ3n) is 4.38. The summed E-state index contributed by atoms with van der Waals surface area (Å²) >= 11 is 0. The van der Waals surface area contributed by atoms with Gasteiger partial charge in [-0.2, -0.15) is 0 Å². The van der Waals surface area contributed by atoms with Gasteiger partial charge in [-0.25, -0.2) is 4.98 Å². The van der Waals surface area contributed by atoms with E-state index in [1.807, 2.05) is 42.5 Å². The van der Waals surface area contributed by atoms with Gasteiger partial charge in [-0.1, -0.05) is 25.1 Å². The summed E-state index contributed by atoms with van der Waals surface area (Å²) in [6, 6.07) is 16.7. The summed E-state index contributed by atoms with van der Waals surface area (Å²) in [6.07, 6.45) is 7.53. The van der Waals surface area contributed by atoms with Crippen molar-refractivity contribution in [3.8, 4) is 17.2 Å². The van der Waals surface area contributed by atoms with E-state index >= 15 is 0 Å². The molecule has 2 aromatic carbocycles. The highest BCUT2D eigenvalue weighted by Gasteiger charge is 2.09. The molecule has 0 saturated heterocycles. The van der Waals surface area contributed by atoms with Crippen molar-refractivity contribution in [2.75, 3.05) is 11.9 Å². The van der Waals surface area contributed by atoms with Crippen LogP contribution >= 0.6 is 0 Å². The molecule has 6 nitrogen and oxygen atoms in total. The van der Waals surface area contributed by atoms with E-state index in [1.165, 1.54) is 6.08 Å². The monoisotopic (exact) mass is 399 g/mol. The largest absolute Gasteiger partial charge is 0.493 e. The highest BCUT2D eigenvalue weighted by molar-refractivity contribution is 6.02. The maximum Gasteiger partial charge on any atom is 0.248 e. The number of rotatable bonds is 7. The van der Waals surface area contributed by atoms with Crippen LogP contribution in [0, 0.1) is 0 Å². The Morgan fingerprint density at radius 1 is 1.13 bits per heavy atom. The highest BCUT2D eigenvalue weighted by atomic mass is 16.5. The van der Waals surface area contributed by atoms with E-state index in [1.54, 1.807) is 30.6 Å². The van der Waals surface area contributed by atoms with Gasteiger partial charge in [0, 0.05) is 41.4 Å². The first-order valence-corrected chi connectivity index (χ1v) is 9.75. The number of para-hydroxylation sites is 1. The second-order valence-electron chi connectivity index (χ2n) is 6.65. The first-order chi connectivity index (χ1) is 14.7. The second-order valence-corrected chi connectivity index (χ2v) is 6.65. The van der Waals surface area contributed by atoms with Crippen molar-refractivity contribution in [1.29, 1.82) is 0 Å². The van der Waals surface area contributed by atoms with Crippen molar-refractivity contribution in [3.05, 3.63) is 78.6 Å². The number of nitrogens with one attached hydrogen (secondary N) is 1. The first kappa shape index (κ1) is 19.4. The Bertz CT molecular complexity index is 1180. The third-order valence-corrected chi connectivity index (χ3v) is 4.38. The van der Waals surface area contributed by atoms with Crippen molar-refractivity contribution in [3.63, 3.8) is 0 Å². The number of carbonyl (C=O) groups excluding carboxylic acids is 1. The van der Waals surface area contributed by atoms with E-state index in [0.29, 0.717) is 23.8 Å². The van der Waals surface area contributed by atoms with E-state index in [0.717, 1.165) is 28.8 Å². The number of fused-ring (bicyclic) bond motifs is 1. The van der Waals surface area contributed by atoms with E-state index < -0.39 is 0 Å². The number of anilines is 1. The normalized spacial score (nSPS) is 11.1. The average molecular weight is 399 g/mol. The zero-order valence-electron chi connectivity index (χ0n) is 16.5. The molecule has 1 amide bonds. The van der Waals surface area contributed by atoms with Crippen molar-refractivity contribution >= 4 is 28.8 Å². The van der Waals surface area contributed by atoms with Crippen LogP contribution < -0.4 is 10.1 Å². The van der Waals surface area contributed by atoms with Crippen LogP contribution in [0.15, 0.2) is 77.5 Å². The van der Waals surface area contributed by atoms with Crippen LogP contribution in [-0.4, -0.2) is 22.5 Å². The molecule has 0 atom stereocenters. The fourth-order valence-electron chi connectivity index (χ4n) is 2.93. The molecule has 2 heterocycles. The standard InChI is InChI=1S/C24H21N3O3/c1-2-15-29-21-6-4-3-5-17(21)7-10-23(28)26-19-8-9-20-22(16-19)30-24(27-20)18-11-13-25-14-12-18/h3-14,16H,2,15H2,1H3,(H,26,28)/b10-7+. The Labute approximate surface area is 174 Å². The van der Waals surface area contributed by atoms with Crippen molar-refractivity contribution in [2.24, 2.45) is 0 Å². The lowest BCUT2D eigenvalue weighted by atomic mass is 10.2. The fourth-order valence-corrected chi connectivity index (χ4v) is 2.93. The minimum atomic E-state index is -0.242. The SMILES string of the molecule is CCCOc1ccccc1/C=C/C(=O)Nc1ccc2nc(-c3ccncc3)oc2c1. The van der Waals surface area contributed by atoms with Crippen molar-refractivity contribution in [2.45, 2.75) is 13.3 Å². The van der Waals surface area contributed by atoms with Gasteiger partial charge in [-0.3, -0.25) is 9.78 Å². The molecular weight excluding hydrogens is 378 g/mol. The third kappa shape index (κ3) is 4.55. The number of ether oxygens (including phenoxy) is 1. The molecule has 0 saturated carbocycles. The molecule has 0 radical (unpaired) electrons. The minimum Gasteiger partial charge on any atom is -0.493 e. The second kappa shape index (κ2) is 9.05. The number of nitrogens with zero attached hydrogens (tertiary/aromatic N) is 2. The van der Waals surface area contributed by atoms with Crippen molar-refractivity contribution < 1.29 is 13.9 Å². The summed E-state index contributed by atoms with van der Waals surface area (Å²) < 4.78 is 11.6. The predicted octanol–water partition coefficient (Wildman–Crippen LogP) is 5.33. The minimum absolute atomic E-state index is 0.242. The lowest BCUT2D eigenvalue weighted by molar-refractivity contribution is -0.111. The maximum absolute atomic E-state index is 12.4. The van der Waals surface area contributed by atoms with E-state index in [-0.39, 0.29) is 5.91 Å². The molecule has 0 spiro atoms. The van der Waals surface area contributed by atoms with Crippen LogP contribution in [0.1, 0.15) is 18.9 Å². The molecule has 0 aliphatic heterocycles. The van der Waals surface area contributed by atoms with E-state index in [4.69, 9.17) is 9.15 Å². The molecule has 0 bridgehead atoms. The fraction of sp³-hybridized carbons (Fsp3) is 0.125. The molecule has 0 fully saturated rings. The number of oxazole rings is 1. The van der Waals surface area contributed by atoms with E-state index in [9.17, 15) is 4.79 Å². The predicted molar refractivity (Wildman–Crippen MR) is 117 cm³/mol. The summed E-state index contributed by atoms with van der Waals surface area (Å²) in [5.74, 6) is 1.03. The van der Waals surface area contributed by atoms with Crippen LogP contribution in [0.2, 0.25) is 0 Å². The molecule has 6 heteroatoms. The zero-order chi connectivity index (χ0) is 20.8. The molecule has 2 aromatic heterocycles. The lowest BCUT2D eigenvalue weighted by Crippen LogP contribution is -2.07. The van der Waals surface area contributed by atoms with Crippen LogP contribution in [-0.2, 0) is 4.79 Å². The van der Waals surface area contributed by atoms with E-state index in [2.05, 4.69) is 22.2 Å². The molecule has 0 aliphatic rings. The van der Waals surface area contributed by atoms with Crippen molar-refractivity contribution in [1.82, 2.24) is 9.97 Å². The number of pyridine rings is 1. The number of benzene rings is 2. The summed E-state index contributed by atoms with van der Waals surface area (Å²) in [5, 5.41) is 2.85. The van der Waals surface area contributed by atoms with Gasteiger partial charge in [-0.15, -0.1) is 0 Å². The Morgan fingerprint density at radius 3 is 2.80 bits per heavy atom. The average Bonchev–Trinajstić information content (AvgIpc) is 3.21. The Hall–Kier alpha value is -3.93. The van der Waals surface area contributed by atoms with Gasteiger partial charge in [0.25, 0.3) is 0 Å². The van der Waals surface area contributed by atoms with Gasteiger partial charge in [0.05, 0.1) is 6.61 Å². The summed E-state index contributed by atoms with van der Waals surface area (Å²) in [7, 11) is 0. The Balaban J connectivity index is 1.48. The number of hydrogen-bond acceptors (Lipinski definition) is 5. The molecule has 0 aliphatic carbocycles. The summed E-state index contributed by atoms with van der Waals surface area (Å²) in [6.45, 7) is 2.69. The van der Waals surface area contributed by atoms with Gasteiger partial charge in [0.2, 0.25) is 11.8 Å². The molecule has 1 N–H and O–H groups in total. The maximum atomic E-state index is 12.4. The molecule has 4 aromatic rings. The van der Waals surface area contributed by atoms with Gasteiger partial charge >= 0.3 is 0 Å². The Morgan fingerprint density at radius 2 is 1.97 bits per heavy atom. The van der Waals surface area contributed by atoms with Gasteiger partial charge in [0.15, 0.2) is 5.58 Å². The Kier molecular flexibility index (Phi) is 5.85. The van der Waals surface area contributed by atoms with Crippen LogP contribution in [0.3, 0.4) is 0 Å². The van der Waals surface area contributed by atoms with Gasteiger partial charge < -0.3 is 14.5 Å². The molecule has 0 unspecified atom stereocenters. The number of amides is 1. The molecule has 4 rings (SSSR count). The summed E-state index contributed by atoms with van der Waals surface area (Å²) in [5.41, 5.74) is 3.65. The molecular formula is C24H21N3O3. The summed E-state index contributed by atoms with van der Waals surface area (Å²) in [4.78, 5) is 20.9. The smallest absolute Gasteiger partial charge is 0.248 e. The number of hydrogen-bond donors (Lipinski definition) is 1. The number of aromatic nitrogens is 2. The first-order valence-electron chi connectivity index (χ1n) is 9.75.